The Kier molecular flexibility index (Phi) is 35.0. The molecule has 0 atom stereocenters. The van der Waals surface area contributed by atoms with Crippen LogP contribution in [0.5, 0.6) is 17.2 Å². The van der Waals surface area contributed by atoms with Gasteiger partial charge in [-0.2, -0.15) is 52.5 Å². The first kappa shape index (κ1) is 105. The van der Waals surface area contributed by atoms with Crippen molar-refractivity contribution in [3.05, 3.63) is 171 Å². The van der Waals surface area contributed by atoms with E-state index in [0.29, 0.717) is 55.5 Å². The summed E-state index contributed by atoms with van der Waals surface area (Å²) in [5, 5.41) is 81.6. The number of aryl methyl sites for hydroxylation is 7. The predicted octanol–water partition coefficient (Wildman–Crippen LogP) is 6.95. The molecule has 13 heterocycles. The number of carbonyl (C=O) groups is 7. The summed E-state index contributed by atoms with van der Waals surface area (Å²) >= 11 is 9.53. The van der Waals surface area contributed by atoms with Crippen LogP contribution in [0.15, 0.2) is 131 Å². The number of aromatic carboxylic acids is 3. The molecule has 13 rings (SSSR count). The standard InChI is InChI=1S/C14H18N4O5S.C13H17BN4O4.C13H15BrN4O2.C13H16N4O3.C10H10N4O5S.C9H7BrN4O2.C5H5BrN2O2/c1-14(2,3)22-13(19)11-10(8-17-18(11)4)12-15-6-9(7-16-12)23-24(5,20)21;1-13(2,3)22-12(19)10-9(7-17-18(10)4)11-15-5-8(6-16-11)14(20)21;1-13(2,3)20-12(19)10-9(7-17-18(10)4)11-15-5-8(14)6-16-11;1-13(2,3)20-12(19)10-9(7-16-17(10)4)11-14-5-8(18)6-15-11;1-14-8(10(15)16)7(5-13-14)9-11-3-6(4-12-9)19-20(2,17)18;1-14-7(9(15)16)6(4-13-14)8-11-2-5(10)3-12-8;1-8-4(5(9)10)3(6)2-7-8/h6-8H,1-5H3;5-7,20-21H,1-4H3;5-7H,1-4H3;5-7,18H,1-4H3;3-5H,1-2H3,(H,15,16);2-4H,1H3,(H,15,16);2H,1H3,(H,9,10). The average molecular weight is 2060 g/mol. The Labute approximate surface area is 777 Å². The zero-order chi connectivity index (χ0) is 98.8. The van der Waals surface area contributed by atoms with Crippen molar-refractivity contribution in [2.24, 2.45) is 49.3 Å². The van der Waals surface area contributed by atoms with Gasteiger partial charge < -0.3 is 57.8 Å². The third-order valence-electron chi connectivity index (χ3n) is 15.5. The molecule has 700 valence electrons. The number of esters is 4. The lowest BCUT2D eigenvalue weighted by Crippen LogP contribution is -2.30. The largest absolute Gasteiger partial charge is 0.505 e. The second-order valence-electron chi connectivity index (χ2n) is 31.1. The number of nitrogens with zero attached hydrogens (tertiary/aromatic N) is 26. The molecule has 0 saturated carbocycles. The smallest absolute Gasteiger partial charge is 0.491 e. The van der Waals surface area contributed by atoms with Crippen LogP contribution in [0.25, 0.3) is 68.3 Å². The van der Waals surface area contributed by atoms with Gasteiger partial charge in [-0.05, 0) is 131 Å². The number of carboxylic acids is 3. The molecule has 6 N–H and O–H groups in total. The Morgan fingerprint density at radius 2 is 0.508 bits per heavy atom. The van der Waals surface area contributed by atoms with Gasteiger partial charge in [0.15, 0.2) is 92.1 Å². The summed E-state index contributed by atoms with van der Waals surface area (Å²) in [5.74, 6) is -3.73. The number of aromatic hydroxyl groups is 1. The molecule has 0 aliphatic carbocycles. The zero-order valence-corrected chi connectivity index (χ0v) is 80.6. The van der Waals surface area contributed by atoms with Crippen LogP contribution in [0.3, 0.4) is 0 Å². The van der Waals surface area contributed by atoms with E-state index >= 15 is 0 Å². The molecule has 0 aliphatic rings. The minimum Gasteiger partial charge on any atom is -0.505 e. The van der Waals surface area contributed by atoms with Crippen LogP contribution in [0, 0.1) is 0 Å². The topological polar surface area (TPSA) is 644 Å². The van der Waals surface area contributed by atoms with E-state index in [2.05, 4.69) is 152 Å². The first-order valence-electron chi connectivity index (χ1n) is 37.7. The number of aromatic nitrogens is 26. The number of halogens is 3. The van der Waals surface area contributed by atoms with Crippen LogP contribution in [-0.2, 0) is 88.5 Å². The lowest BCUT2D eigenvalue weighted by atomic mass is 9.83. The van der Waals surface area contributed by atoms with Crippen molar-refractivity contribution < 1.29 is 108 Å². The van der Waals surface area contributed by atoms with E-state index in [1.54, 1.807) is 136 Å². The molecule has 49 nitrogen and oxygen atoms in total. The molecule has 132 heavy (non-hydrogen) atoms. The van der Waals surface area contributed by atoms with E-state index in [1.807, 2.05) is 20.8 Å². The highest BCUT2D eigenvalue weighted by molar-refractivity contribution is 9.11. The second-order valence-corrected chi connectivity index (χ2v) is 36.9. The van der Waals surface area contributed by atoms with E-state index < -0.39 is 91.5 Å². The number of carbonyl (C=O) groups excluding carboxylic acids is 4. The summed E-state index contributed by atoms with van der Waals surface area (Å²) in [6.45, 7) is 21.4. The number of carboxylic acid groups (broad SMARTS) is 3. The van der Waals surface area contributed by atoms with Crippen molar-refractivity contribution >= 4 is 122 Å². The van der Waals surface area contributed by atoms with Gasteiger partial charge in [-0.1, -0.05) is 0 Å². The SMILES string of the molecule is Cn1ncc(-c2ncc(B(O)O)cn2)c1C(=O)OC(C)(C)C.Cn1ncc(-c2ncc(Br)cn2)c1C(=O)O.Cn1ncc(-c2ncc(Br)cn2)c1C(=O)OC(C)(C)C.Cn1ncc(-c2ncc(O)cn2)c1C(=O)OC(C)(C)C.Cn1ncc(-c2ncc(OS(C)(=O)=O)cn2)c1C(=O)O.Cn1ncc(-c2ncc(OS(C)(=O)=O)cn2)c1C(=O)OC(C)(C)C.Cn1ncc(Br)c1C(=O)O. The van der Waals surface area contributed by atoms with Crippen LogP contribution in [-0.4, -0.2) is 259 Å². The minimum absolute atomic E-state index is 0.0241. The highest BCUT2D eigenvalue weighted by Gasteiger charge is 2.32. The van der Waals surface area contributed by atoms with Gasteiger partial charge in [0.2, 0.25) is 0 Å². The van der Waals surface area contributed by atoms with Crippen LogP contribution in [0.2, 0.25) is 0 Å². The molecule has 0 amide bonds. The van der Waals surface area contributed by atoms with Gasteiger partial charge in [0, 0.05) is 92.0 Å². The summed E-state index contributed by atoms with van der Waals surface area (Å²) in [4.78, 5) is 130. The molecule has 0 aromatic carbocycles. The third kappa shape index (κ3) is 30.8. The van der Waals surface area contributed by atoms with Crippen molar-refractivity contribution in [3.8, 4) is 85.6 Å². The molecule has 0 aliphatic heterocycles. The summed E-state index contributed by atoms with van der Waals surface area (Å²) < 4.78 is 86.1. The Morgan fingerprint density at radius 1 is 0.311 bits per heavy atom. The van der Waals surface area contributed by atoms with Gasteiger partial charge in [0.05, 0.1) is 140 Å². The first-order chi connectivity index (χ1) is 61.2. The highest BCUT2D eigenvalue weighted by Crippen LogP contribution is 2.30. The van der Waals surface area contributed by atoms with Crippen molar-refractivity contribution in [1.82, 2.24) is 128 Å². The molecule has 0 bridgehead atoms. The Morgan fingerprint density at radius 3 is 0.705 bits per heavy atom. The number of hydrogen-bond donors (Lipinski definition) is 6. The van der Waals surface area contributed by atoms with Gasteiger partial charge in [-0.25, -0.2) is 93.4 Å². The zero-order valence-electron chi connectivity index (χ0n) is 74.2. The monoisotopic (exact) mass is 2060 g/mol. The van der Waals surface area contributed by atoms with Gasteiger partial charge in [-0.3, -0.25) is 32.8 Å². The normalized spacial score (nSPS) is 11.3. The Balaban J connectivity index is 0.000000212. The Bertz CT molecular complexity index is 6370. The van der Waals surface area contributed by atoms with Crippen molar-refractivity contribution in [1.29, 1.82) is 0 Å². The minimum atomic E-state index is -3.66. The molecule has 13 aromatic heterocycles. The fraction of sp³-hybridized carbons (Fsp3) is 0.325. The van der Waals surface area contributed by atoms with Crippen LogP contribution < -0.4 is 13.8 Å². The number of rotatable bonds is 18. The van der Waals surface area contributed by atoms with Crippen molar-refractivity contribution in [3.63, 3.8) is 0 Å². The average Bonchev–Trinajstić information content (AvgIpc) is 1.79. The summed E-state index contributed by atoms with van der Waals surface area (Å²) in [5.41, 5.74) is 1.32. The maximum absolute atomic E-state index is 12.3. The molecule has 0 spiro atoms. The molecule has 0 unspecified atom stereocenters. The summed E-state index contributed by atoms with van der Waals surface area (Å²) in [6, 6.07) is 0. The van der Waals surface area contributed by atoms with Crippen molar-refractivity contribution in [2.75, 3.05) is 12.5 Å². The maximum Gasteiger partial charge on any atom is 0.491 e. The molecule has 0 saturated heterocycles. The quantitative estimate of drug-likeness (QED) is 0.0219. The lowest BCUT2D eigenvalue weighted by Gasteiger charge is -2.19. The van der Waals surface area contributed by atoms with Crippen molar-refractivity contribution in [2.45, 2.75) is 105 Å². The van der Waals surface area contributed by atoms with Crippen LogP contribution >= 0.6 is 47.8 Å². The second kappa shape index (κ2) is 44.1. The molecule has 55 heteroatoms. The predicted molar refractivity (Wildman–Crippen MR) is 476 cm³/mol. The van der Waals surface area contributed by atoms with Crippen LogP contribution in [0.1, 0.15) is 157 Å². The number of ether oxygens (including phenoxy) is 4. The molecular formula is C77H88BBr3N26O23S2. The van der Waals surface area contributed by atoms with E-state index in [4.69, 9.17) is 44.3 Å². The van der Waals surface area contributed by atoms with Gasteiger partial charge >= 0.3 is 69.1 Å². The van der Waals surface area contributed by atoms with E-state index in [-0.39, 0.29) is 79.9 Å². The number of hydrogen-bond acceptors (Lipinski definition) is 39. The van der Waals surface area contributed by atoms with E-state index in [9.17, 15) is 55.5 Å². The van der Waals surface area contributed by atoms with E-state index in [1.165, 1.54) is 114 Å². The third-order valence-corrected chi connectivity index (χ3v) is 17.9. The maximum atomic E-state index is 12.3. The molecule has 0 radical (unpaired) electrons. The highest BCUT2D eigenvalue weighted by atomic mass is 79.9. The van der Waals surface area contributed by atoms with Gasteiger partial charge in [0.1, 0.15) is 22.4 Å². The van der Waals surface area contributed by atoms with Gasteiger partial charge in [0.25, 0.3) is 0 Å². The summed E-state index contributed by atoms with van der Waals surface area (Å²) in [6.07, 6.45) is 28.1. The van der Waals surface area contributed by atoms with Gasteiger partial charge in [-0.15, -0.1) is 0 Å². The Hall–Kier alpha value is -14.0. The molecule has 0 fully saturated rings. The van der Waals surface area contributed by atoms with E-state index in [0.717, 1.165) is 33.9 Å². The summed E-state index contributed by atoms with van der Waals surface area (Å²) in [7, 11) is 2.19. The molecular weight excluding hydrogens is 1970 g/mol. The fourth-order valence-electron chi connectivity index (χ4n) is 10.4. The van der Waals surface area contributed by atoms with Crippen LogP contribution in [0.4, 0.5) is 0 Å². The first-order valence-corrected chi connectivity index (χ1v) is 43.7. The lowest BCUT2D eigenvalue weighted by molar-refractivity contribution is 0.00457. The fourth-order valence-corrected chi connectivity index (χ4v) is 12.2. The molecule has 13 aromatic rings.